The molecule has 0 radical (unpaired) electrons. The number of fused-ring (bicyclic) bond motifs is 1. The van der Waals surface area contributed by atoms with E-state index in [0.717, 1.165) is 23.4 Å². The quantitative estimate of drug-likeness (QED) is 0.130. The van der Waals surface area contributed by atoms with E-state index < -0.39 is 6.09 Å². The predicted octanol–water partition coefficient (Wildman–Crippen LogP) is 6.42. The lowest BCUT2D eigenvalue weighted by Crippen LogP contribution is -2.44. The van der Waals surface area contributed by atoms with Gasteiger partial charge in [-0.15, -0.1) is 0 Å². The second-order valence-corrected chi connectivity index (χ2v) is 13.4. The fourth-order valence-corrected chi connectivity index (χ4v) is 6.88. The lowest BCUT2D eigenvalue weighted by atomic mass is 10.0. The van der Waals surface area contributed by atoms with Crippen LogP contribution >= 0.6 is 11.6 Å². The molecule has 0 bridgehead atoms. The molecule has 9 nitrogen and oxygen atoms in total. The number of hydrogen-bond donors (Lipinski definition) is 4. The summed E-state index contributed by atoms with van der Waals surface area (Å²) in [5, 5.41) is 29.0. The average Bonchev–Trinajstić information content (AvgIpc) is 3.40. The minimum absolute atomic E-state index is 0.155. The zero-order chi connectivity index (χ0) is 33.8. The standard InChI is InChI=1S/C38H40ClN5O4/c1-23-3-9-27(10-4-23)24(2)42-19-30-12-14-36(48-30)28-11-13-35(39)31(16-28)37(45)43-29(15-25-5-7-26(17-40)8-6-25)18-41-20-32-33-21-44(38(46)47)22-34(32)33/h3-14,16,24,29,32-34,41-42H,15,18-22H2,1-2H3,(H,43,45)(H,46,47)/t24-,29-,32?,33-,34+/m1/s1. The number of amides is 2. The van der Waals surface area contributed by atoms with Crippen LogP contribution in [0.3, 0.4) is 0 Å². The molecule has 1 saturated heterocycles. The second-order valence-electron chi connectivity index (χ2n) is 13.0. The van der Waals surface area contributed by atoms with Crippen LogP contribution in [0.2, 0.25) is 5.02 Å². The van der Waals surface area contributed by atoms with Crippen molar-refractivity contribution in [2.24, 2.45) is 17.8 Å². The molecule has 5 atom stereocenters. The molecule has 1 aliphatic heterocycles. The number of halogens is 1. The summed E-state index contributed by atoms with van der Waals surface area (Å²) in [7, 11) is 0. The van der Waals surface area contributed by atoms with Crippen molar-refractivity contribution < 1.29 is 19.1 Å². The van der Waals surface area contributed by atoms with E-state index in [1.54, 1.807) is 24.3 Å². The topological polar surface area (TPSA) is 131 Å². The molecule has 1 saturated carbocycles. The van der Waals surface area contributed by atoms with Crippen LogP contribution in [0.4, 0.5) is 4.79 Å². The maximum Gasteiger partial charge on any atom is 0.407 e. The fraction of sp³-hybridized carbons (Fsp3) is 0.342. The summed E-state index contributed by atoms with van der Waals surface area (Å²) in [5.74, 6) is 2.38. The van der Waals surface area contributed by atoms with Gasteiger partial charge in [-0.2, -0.15) is 5.26 Å². The van der Waals surface area contributed by atoms with Crippen molar-refractivity contribution in [1.82, 2.24) is 20.9 Å². The van der Waals surface area contributed by atoms with E-state index >= 15 is 0 Å². The summed E-state index contributed by atoms with van der Waals surface area (Å²) < 4.78 is 6.16. The minimum atomic E-state index is -0.852. The molecule has 48 heavy (non-hydrogen) atoms. The monoisotopic (exact) mass is 665 g/mol. The molecule has 1 aliphatic carbocycles. The van der Waals surface area contributed by atoms with Crippen molar-refractivity contribution in [2.45, 2.75) is 38.9 Å². The number of likely N-dealkylation sites (tertiary alicyclic amines) is 1. The summed E-state index contributed by atoms with van der Waals surface area (Å²) in [6.45, 7) is 7.22. The predicted molar refractivity (Wildman–Crippen MR) is 185 cm³/mol. The Bertz CT molecular complexity index is 1790. The number of aryl methyl sites for hydroxylation is 1. The lowest BCUT2D eigenvalue weighted by molar-refractivity contribution is 0.0936. The van der Waals surface area contributed by atoms with Crippen LogP contribution in [-0.2, 0) is 13.0 Å². The van der Waals surface area contributed by atoms with Crippen molar-refractivity contribution in [3.63, 3.8) is 0 Å². The Kier molecular flexibility index (Phi) is 10.2. The molecule has 2 fully saturated rings. The molecule has 1 aromatic heterocycles. The summed E-state index contributed by atoms with van der Waals surface area (Å²) in [5.41, 5.74) is 5.11. The van der Waals surface area contributed by atoms with Crippen LogP contribution in [-0.4, -0.2) is 54.2 Å². The van der Waals surface area contributed by atoms with E-state index in [0.29, 0.717) is 72.3 Å². The SMILES string of the molecule is Cc1ccc([C@@H](C)NCc2ccc(-c3ccc(Cl)c(C(=O)N[C@@H](CNCC4[C@H]5CN(C(=O)O)C[C@@H]45)Cc4ccc(C#N)cc4)c3)o2)cc1. The Morgan fingerprint density at radius 2 is 1.77 bits per heavy atom. The number of nitriles is 1. The second kappa shape index (κ2) is 14.7. The largest absolute Gasteiger partial charge is 0.465 e. The molecular formula is C38H40ClN5O4. The van der Waals surface area contributed by atoms with Gasteiger partial charge in [0.05, 0.1) is 28.8 Å². The van der Waals surface area contributed by atoms with Crippen LogP contribution in [0.5, 0.6) is 0 Å². The molecule has 4 aromatic rings. The number of hydrogen-bond acceptors (Lipinski definition) is 6. The number of rotatable bonds is 13. The number of piperidine rings is 1. The van der Waals surface area contributed by atoms with Crippen molar-refractivity contribution in [2.75, 3.05) is 26.2 Å². The molecule has 1 unspecified atom stereocenters. The smallest absolute Gasteiger partial charge is 0.407 e. The highest BCUT2D eigenvalue weighted by Gasteiger charge is 2.56. The molecule has 2 amide bonds. The number of benzene rings is 3. The minimum Gasteiger partial charge on any atom is -0.465 e. The fourth-order valence-electron chi connectivity index (χ4n) is 6.68. The van der Waals surface area contributed by atoms with Crippen molar-refractivity contribution in [3.8, 4) is 17.4 Å². The van der Waals surface area contributed by atoms with Crippen molar-refractivity contribution in [1.29, 1.82) is 5.26 Å². The Morgan fingerprint density at radius 1 is 1.04 bits per heavy atom. The summed E-state index contributed by atoms with van der Waals surface area (Å²) in [6.07, 6.45) is -0.295. The number of nitrogens with zero attached hydrogens (tertiary/aromatic N) is 2. The average molecular weight is 666 g/mol. The van der Waals surface area contributed by atoms with Gasteiger partial charge in [-0.1, -0.05) is 53.6 Å². The highest BCUT2D eigenvalue weighted by molar-refractivity contribution is 6.34. The highest BCUT2D eigenvalue weighted by atomic mass is 35.5. The van der Waals surface area contributed by atoms with E-state index in [4.69, 9.17) is 16.0 Å². The molecule has 4 N–H and O–H groups in total. The van der Waals surface area contributed by atoms with Crippen LogP contribution in [0, 0.1) is 36.0 Å². The van der Waals surface area contributed by atoms with Crippen molar-refractivity contribution >= 4 is 23.6 Å². The van der Waals surface area contributed by atoms with Gasteiger partial charge in [-0.05, 0) is 98.2 Å². The first-order valence-corrected chi connectivity index (χ1v) is 16.7. The third-order valence-corrected chi connectivity index (χ3v) is 9.96. The zero-order valence-corrected chi connectivity index (χ0v) is 27.8. The molecule has 6 rings (SSSR count). The number of carbonyl (C=O) groups is 2. The number of carboxylic acid groups (broad SMARTS) is 1. The Hall–Kier alpha value is -4.62. The summed E-state index contributed by atoms with van der Waals surface area (Å²) in [4.78, 5) is 26.5. The Balaban J connectivity index is 1.09. The molecule has 2 aliphatic rings. The maximum atomic E-state index is 13.7. The van der Waals surface area contributed by atoms with Gasteiger partial charge in [0.15, 0.2) is 0 Å². The van der Waals surface area contributed by atoms with Gasteiger partial charge in [-0.25, -0.2) is 4.79 Å². The Labute approximate surface area is 285 Å². The molecule has 10 heteroatoms. The van der Waals surface area contributed by atoms with Crippen LogP contribution in [0.15, 0.2) is 83.3 Å². The molecule has 2 heterocycles. The van der Waals surface area contributed by atoms with Gasteiger partial charge in [0.2, 0.25) is 0 Å². The van der Waals surface area contributed by atoms with Crippen molar-refractivity contribution in [3.05, 3.63) is 117 Å². The number of furan rings is 1. The van der Waals surface area contributed by atoms with E-state index in [1.165, 1.54) is 16.0 Å². The van der Waals surface area contributed by atoms with E-state index in [1.807, 2.05) is 30.3 Å². The van der Waals surface area contributed by atoms with E-state index in [9.17, 15) is 20.0 Å². The van der Waals surface area contributed by atoms with Gasteiger partial charge in [0.25, 0.3) is 5.91 Å². The van der Waals surface area contributed by atoms with E-state index in [-0.39, 0.29) is 18.0 Å². The lowest BCUT2D eigenvalue weighted by Gasteiger charge is -2.21. The Morgan fingerprint density at radius 3 is 2.46 bits per heavy atom. The van der Waals surface area contributed by atoms with Gasteiger partial charge in [0.1, 0.15) is 11.5 Å². The van der Waals surface area contributed by atoms with Gasteiger partial charge >= 0.3 is 6.09 Å². The maximum absolute atomic E-state index is 13.7. The molecule has 0 spiro atoms. The first-order valence-electron chi connectivity index (χ1n) is 16.4. The molecule has 248 valence electrons. The van der Waals surface area contributed by atoms with Crippen LogP contribution < -0.4 is 16.0 Å². The van der Waals surface area contributed by atoms with Crippen LogP contribution in [0.1, 0.15) is 51.3 Å². The first kappa shape index (κ1) is 33.3. The van der Waals surface area contributed by atoms with Crippen LogP contribution in [0.25, 0.3) is 11.3 Å². The van der Waals surface area contributed by atoms with Gasteiger partial charge in [0, 0.05) is 37.3 Å². The third kappa shape index (κ3) is 7.91. The molecule has 3 aromatic carbocycles. The van der Waals surface area contributed by atoms with Gasteiger partial charge < -0.3 is 30.4 Å². The number of nitrogens with one attached hydrogen (secondary N) is 3. The van der Waals surface area contributed by atoms with E-state index in [2.05, 4.69) is 60.1 Å². The third-order valence-electron chi connectivity index (χ3n) is 9.63. The first-order chi connectivity index (χ1) is 23.2. The summed E-state index contributed by atoms with van der Waals surface area (Å²) in [6, 6.07) is 27.0. The summed E-state index contributed by atoms with van der Waals surface area (Å²) >= 11 is 6.56. The van der Waals surface area contributed by atoms with Gasteiger partial charge in [-0.3, -0.25) is 4.79 Å². The molecular weight excluding hydrogens is 626 g/mol. The zero-order valence-electron chi connectivity index (χ0n) is 27.1. The highest BCUT2D eigenvalue weighted by Crippen LogP contribution is 2.51. The normalized spacial score (nSPS) is 19.3. The number of carbonyl (C=O) groups excluding carboxylic acids is 1.